The van der Waals surface area contributed by atoms with Crippen LogP contribution in [0, 0.1) is 11.6 Å². The minimum absolute atomic E-state index is 0.0326. The highest BCUT2D eigenvalue weighted by Crippen LogP contribution is 2.25. The normalized spacial score (nSPS) is 11.8. The van der Waals surface area contributed by atoms with E-state index in [0.717, 1.165) is 34.5 Å². The summed E-state index contributed by atoms with van der Waals surface area (Å²) in [6.07, 6.45) is -0.612. The first kappa shape index (κ1) is 19.4. The molecule has 0 spiro atoms. The van der Waals surface area contributed by atoms with Crippen molar-refractivity contribution in [2.75, 3.05) is 11.9 Å². The number of aliphatic hydroxyl groups is 1. The number of hydrogen-bond acceptors (Lipinski definition) is 3. The molecule has 0 aliphatic rings. The summed E-state index contributed by atoms with van der Waals surface area (Å²) in [5.74, 6) is -4.12. The second-order valence-electron chi connectivity index (χ2n) is 6.21. The highest BCUT2D eigenvalue weighted by Gasteiger charge is 2.16. The summed E-state index contributed by atoms with van der Waals surface area (Å²) in [6.45, 7) is 0.0639. The Morgan fingerprint density at radius 3 is 2.46 bits per heavy atom. The van der Waals surface area contributed by atoms with E-state index in [2.05, 4.69) is 10.6 Å². The first-order chi connectivity index (χ1) is 13.5. The molecule has 0 aliphatic heterocycles. The molecule has 3 rings (SSSR count). The van der Waals surface area contributed by atoms with Gasteiger partial charge < -0.3 is 15.7 Å². The smallest absolute Gasteiger partial charge is 0.313 e. The maximum absolute atomic E-state index is 13.1. The monoisotopic (exact) mass is 384 g/mol. The van der Waals surface area contributed by atoms with Crippen LogP contribution in [0.4, 0.5) is 14.5 Å². The number of carbonyl (C=O) groups is 2. The van der Waals surface area contributed by atoms with Crippen LogP contribution in [0.2, 0.25) is 0 Å². The third-order valence-corrected chi connectivity index (χ3v) is 4.27. The van der Waals surface area contributed by atoms with Crippen molar-refractivity contribution in [2.45, 2.75) is 12.5 Å². The summed E-state index contributed by atoms with van der Waals surface area (Å²) < 4.78 is 26.0. The van der Waals surface area contributed by atoms with Crippen LogP contribution in [-0.2, 0) is 9.59 Å². The molecule has 3 aromatic carbocycles. The summed E-state index contributed by atoms with van der Waals surface area (Å²) in [4.78, 5) is 23.7. The number of rotatable bonds is 5. The zero-order chi connectivity index (χ0) is 20.1. The molecule has 3 N–H and O–H groups in total. The first-order valence-corrected chi connectivity index (χ1v) is 8.65. The summed E-state index contributed by atoms with van der Waals surface area (Å²) in [5.41, 5.74) is 0.702. The molecular weight excluding hydrogens is 366 g/mol. The predicted octanol–water partition coefficient (Wildman–Crippen LogP) is 3.30. The lowest BCUT2D eigenvalue weighted by Crippen LogP contribution is -2.36. The van der Waals surface area contributed by atoms with E-state index in [0.29, 0.717) is 0 Å². The van der Waals surface area contributed by atoms with Crippen LogP contribution in [0.25, 0.3) is 10.8 Å². The van der Waals surface area contributed by atoms with Crippen LogP contribution in [0.5, 0.6) is 0 Å². The molecule has 0 heterocycles. The standard InChI is InChI=1S/C21H18F2N2O3/c22-17-9-8-14(12-18(17)23)25-21(28)20(27)24-11-10-19(26)16-7-3-5-13-4-1-2-6-15(13)16/h1-9,12,19,26H,10-11H2,(H,24,27)(H,25,28)/t19-/m1/s1. The average Bonchev–Trinajstić information content (AvgIpc) is 2.70. The Labute approximate surface area is 160 Å². The van der Waals surface area contributed by atoms with E-state index in [4.69, 9.17) is 0 Å². The van der Waals surface area contributed by atoms with E-state index in [1.165, 1.54) is 0 Å². The molecule has 28 heavy (non-hydrogen) atoms. The first-order valence-electron chi connectivity index (χ1n) is 8.65. The van der Waals surface area contributed by atoms with Crippen LogP contribution in [0.15, 0.2) is 60.7 Å². The Balaban J connectivity index is 1.54. The molecular formula is C21H18F2N2O3. The minimum Gasteiger partial charge on any atom is -0.388 e. The van der Waals surface area contributed by atoms with Crippen molar-refractivity contribution in [1.29, 1.82) is 0 Å². The van der Waals surface area contributed by atoms with Gasteiger partial charge in [0.15, 0.2) is 11.6 Å². The molecule has 5 nitrogen and oxygen atoms in total. The Morgan fingerprint density at radius 1 is 0.929 bits per heavy atom. The molecule has 2 amide bonds. The summed E-state index contributed by atoms with van der Waals surface area (Å²) >= 11 is 0. The maximum Gasteiger partial charge on any atom is 0.313 e. The summed E-state index contributed by atoms with van der Waals surface area (Å²) in [7, 11) is 0. The molecule has 0 bridgehead atoms. The van der Waals surface area contributed by atoms with Crippen LogP contribution >= 0.6 is 0 Å². The summed E-state index contributed by atoms with van der Waals surface area (Å²) in [6, 6.07) is 16.0. The second kappa shape index (κ2) is 8.58. The fourth-order valence-electron chi connectivity index (χ4n) is 2.86. The van der Waals surface area contributed by atoms with Gasteiger partial charge in [-0.2, -0.15) is 0 Å². The number of nitrogens with one attached hydrogen (secondary N) is 2. The van der Waals surface area contributed by atoms with Gasteiger partial charge in [0, 0.05) is 18.3 Å². The number of fused-ring (bicyclic) bond motifs is 1. The van der Waals surface area contributed by atoms with E-state index in [9.17, 15) is 23.5 Å². The van der Waals surface area contributed by atoms with Crippen molar-refractivity contribution in [3.05, 3.63) is 77.9 Å². The largest absolute Gasteiger partial charge is 0.388 e. The number of hydrogen-bond donors (Lipinski definition) is 3. The van der Waals surface area contributed by atoms with E-state index in [1.54, 1.807) is 0 Å². The third-order valence-electron chi connectivity index (χ3n) is 4.27. The number of carbonyl (C=O) groups excluding carboxylic acids is 2. The fraction of sp³-hybridized carbons (Fsp3) is 0.143. The van der Waals surface area contributed by atoms with Crippen LogP contribution in [-0.4, -0.2) is 23.5 Å². The summed E-state index contributed by atoms with van der Waals surface area (Å²) in [5, 5.41) is 16.9. The molecule has 0 fully saturated rings. The van der Waals surface area contributed by atoms with Crippen molar-refractivity contribution in [2.24, 2.45) is 0 Å². The zero-order valence-electron chi connectivity index (χ0n) is 14.8. The van der Waals surface area contributed by atoms with Crippen LogP contribution < -0.4 is 10.6 Å². The molecule has 0 aliphatic carbocycles. The van der Waals surface area contributed by atoms with Crippen LogP contribution in [0.3, 0.4) is 0 Å². The van der Waals surface area contributed by atoms with Gasteiger partial charge in [0.1, 0.15) is 0 Å². The Bertz CT molecular complexity index is 1020. The Kier molecular flexibility index (Phi) is 5.96. The fourth-order valence-corrected chi connectivity index (χ4v) is 2.86. The molecule has 0 unspecified atom stereocenters. The topological polar surface area (TPSA) is 78.4 Å². The third kappa shape index (κ3) is 4.50. The van der Waals surface area contributed by atoms with Gasteiger partial charge in [0.25, 0.3) is 0 Å². The molecule has 0 radical (unpaired) electrons. The predicted molar refractivity (Wildman–Crippen MR) is 102 cm³/mol. The molecule has 144 valence electrons. The van der Waals surface area contributed by atoms with Gasteiger partial charge in [-0.1, -0.05) is 42.5 Å². The molecule has 1 atom stereocenters. The number of halogens is 2. The van der Waals surface area contributed by atoms with Crippen molar-refractivity contribution in [1.82, 2.24) is 5.32 Å². The maximum atomic E-state index is 13.1. The molecule has 0 saturated heterocycles. The van der Waals surface area contributed by atoms with Gasteiger partial charge in [-0.05, 0) is 34.9 Å². The van der Waals surface area contributed by atoms with Gasteiger partial charge in [-0.15, -0.1) is 0 Å². The minimum atomic E-state index is -1.13. The highest BCUT2D eigenvalue weighted by molar-refractivity contribution is 6.39. The Morgan fingerprint density at radius 2 is 1.68 bits per heavy atom. The van der Waals surface area contributed by atoms with Gasteiger partial charge in [0.2, 0.25) is 0 Å². The SMILES string of the molecule is O=C(NCC[C@@H](O)c1cccc2ccccc12)C(=O)Nc1ccc(F)c(F)c1. The van der Waals surface area contributed by atoms with Crippen LogP contribution in [0.1, 0.15) is 18.1 Å². The van der Waals surface area contributed by atoms with Crippen molar-refractivity contribution >= 4 is 28.3 Å². The van der Waals surface area contributed by atoms with Crippen molar-refractivity contribution in [3.8, 4) is 0 Å². The zero-order valence-corrected chi connectivity index (χ0v) is 14.8. The van der Waals surface area contributed by atoms with Crippen molar-refractivity contribution < 1.29 is 23.5 Å². The Hall–Kier alpha value is -3.32. The van der Waals surface area contributed by atoms with E-state index in [1.807, 2.05) is 42.5 Å². The molecule has 3 aromatic rings. The van der Waals surface area contributed by atoms with Gasteiger partial charge in [-0.25, -0.2) is 8.78 Å². The molecule has 7 heteroatoms. The average molecular weight is 384 g/mol. The molecule has 0 saturated carbocycles. The lowest BCUT2D eigenvalue weighted by atomic mass is 9.99. The van der Waals surface area contributed by atoms with Crippen molar-refractivity contribution in [3.63, 3.8) is 0 Å². The van der Waals surface area contributed by atoms with Gasteiger partial charge in [-0.3, -0.25) is 9.59 Å². The van der Waals surface area contributed by atoms with Gasteiger partial charge in [0.05, 0.1) is 6.10 Å². The second-order valence-corrected chi connectivity index (χ2v) is 6.21. The number of aliphatic hydroxyl groups excluding tert-OH is 1. The van der Waals surface area contributed by atoms with E-state index in [-0.39, 0.29) is 18.7 Å². The highest BCUT2D eigenvalue weighted by atomic mass is 19.2. The molecule has 0 aromatic heterocycles. The lowest BCUT2D eigenvalue weighted by molar-refractivity contribution is -0.136. The van der Waals surface area contributed by atoms with E-state index < -0.39 is 29.6 Å². The number of amides is 2. The lowest BCUT2D eigenvalue weighted by Gasteiger charge is -2.14. The van der Waals surface area contributed by atoms with Gasteiger partial charge >= 0.3 is 11.8 Å². The number of anilines is 1. The number of benzene rings is 3. The quantitative estimate of drug-likeness (QED) is 0.591. The van der Waals surface area contributed by atoms with E-state index >= 15 is 0 Å².